The summed E-state index contributed by atoms with van der Waals surface area (Å²) in [5.74, 6) is 0. The number of hydrogen-bond acceptors (Lipinski definition) is 3. The summed E-state index contributed by atoms with van der Waals surface area (Å²) in [6.07, 6.45) is 3.85. The van der Waals surface area contributed by atoms with Crippen LogP contribution in [0.4, 0.5) is 0 Å². The van der Waals surface area contributed by atoms with E-state index in [-0.39, 0.29) is 0 Å². The van der Waals surface area contributed by atoms with E-state index in [1.807, 2.05) is 0 Å². The first-order valence-corrected chi connectivity index (χ1v) is 7.94. The molecule has 1 N–H and O–H groups in total. The van der Waals surface area contributed by atoms with Gasteiger partial charge < -0.3 is 10.2 Å². The number of likely N-dealkylation sites (N-methyl/N-ethyl adjacent to an activating group) is 1. The van der Waals surface area contributed by atoms with Crippen LogP contribution in [-0.4, -0.2) is 61.2 Å². The Morgan fingerprint density at radius 3 is 2.39 bits per heavy atom. The largest absolute Gasteiger partial charge is 0.313 e. The molecule has 1 heterocycles. The molecule has 0 aromatic carbocycles. The summed E-state index contributed by atoms with van der Waals surface area (Å²) in [5, 5.41) is 3.66. The molecule has 1 atom stereocenters. The van der Waals surface area contributed by atoms with Crippen molar-refractivity contribution in [1.29, 1.82) is 0 Å². The Labute approximate surface area is 114 Å². The second kappa shape index (κ2) is 8.89. The van der Waals surface area contributed by atoms with Crippen LogP contribution in [0.1, 0.15) is 47.0 Å². The first kappa shape index (κ1) is 15.9. The summed E-state index contributed by atoms with van der Waals surface area (Å²) in [7, 11) is 0. The van der Waals surface area contributed by atoms with Gasteiger partial charge in [0, 0.05) is 31.7 Å². The van der Waals surface area contributed by atoms with Crippen molar-refractivity contribution in [3.63, 3.8) is 0 Å². The average molecular weight is 255 g/mol. The van der Waals surface area contributed by atoms with Crippen LogP contribution in [0, 0.1) is 0 Å². The lowest BCUT2D eigenvalue weighted by molar-refractivity contribution is 0.210. The highest BCUT2D eigenvalue weighted by molar-refractivity contribution is 4.83. The summed E-state index contributed by atoms with van der Waals surface area (Å²) >= 11 is 0. The van der Waals surface area contributed by atoms with E-state index in [0.717, 1.165) is 12.6 Å². The third-order valence-electron chi connectivity index (χ3n) is 4.42. The van der Waals surface area contributed by atoms with Gasteiger partial charge in [0.25, 0.3) is 0 Å². The molecule has 1 aliphatic heterocycles. The molecule has 0 amide bonds. The van der Waals surface area contributed by atoms with Crippen molar-refractivity contribution in [2.75, 3.05) is 39.3 Å². The Hall–Kier alpha value is -0.120. The molecule has 18 heavy (non-hydrogen) atoms. The van der Waals surface area contributed by atoms with E-state index >= 15 is 0 Å². The lowest BCUT2D eigenvalue weighted by Crippen LogP contribution is -2.39. The number of hydrogen-bond donors (Lipinski definition) is 1. The number of nitrogens with zero attached hydrogens (tertiary/aromatic N) is 2. The van der Waals surface area contributed by atoms with Gasteiger partial charge in [0.2, 0.25) is 0 Å². The molecule has 108 valence electrons. The van der Waals surface area contributed by atoms with Crippen LogP contribution in [0.5, 0.6) is 0 Å². The van der Waals surface area contributed by atoms with Gasteiger partial charge in [-0.1, -0.05) is 27.7 Å². The SMILES string of the molecule is CCC(CC)NCCN1CCC(N(CC)CC)C1. The monoisotopic (exact) mass is 255 g/mol. The van der Waals surface area contributed by atoms with Crippen LogP contribution in [0.25, 0.3) is 0 Å². The van der Waals surface area contributed by atoms with Gasteiger partial charge in [-0.2, -0.15) is 0 Å². The molecule has 3 nitrogen and oxygen atoms in total. The Balaban J connectivity index is 2.18. The zero-order chi connectivity index (χ0) is 13.4. The second-order valence-electron chi connectivity index (χ2n) is 5.43. The molecule has 0 radical (unpaired) electrons. The topological polar surface area (TPSA) is 18.5 Å². The van der Waals surface area contributed by atoms with E-state index in [0.29, 0.717) is 6.04 Å². The zero-order valence-electron chi connectivity index (χ0n) is 12.9. The molecule has 1 saturated heterocycles. The van der Waals surface area contributed by atoms with Gasteiger partial charge in [0.05, 0.1) is 0 Å². The number of nitrogens with one attached hydrogen (secondary N) is 1. The smallest absolute Gasteiger partial charge is 0.0235 e. The van der Waals surface area contributed by atoms with E-state index in [1.54, 1.807) is 0 Å². The highest BCUT2D eigenvalue weighted by Gasteiger charge is 2.25. The Morgan fingerprint density at radius 2 is 1.83 bits per heavy atom. The highest BCUT2D eigenvalue weighted by Crippen LogP contribution is 2.14. The van der Waals surface area contributed by atoms with Crippen molar-refractivity contribution < 1.29 is 0 Å². The maximum absolute atomic E-state index is 3.66. The van der Waals surface area contributed by atoms with Gasteiger partial charge in [0.15, 0.2) is 0 Å². The molecule has 1 rings (SSSR count). The minimum atomic E-state index is 0.714. The fraction of sp³-hybridized carbons (Fsp3) is 1.00. The molecule has 1 fully saturated rings. The van der Waals surface area contributed by atoms with E-state index in [1.165, 1.54) is 52.0 Å². The molecular formula is C15H33N3. The van der Waals surface area contributed by atoms with Gasteiger partial charge in [-0.05, 0) is 38.9 Å². The minimum absolute atomic E-state index is 0.714. The normalized spacial score (nSPS) is 21.3. The van der Waals surface area contributed by atoms with E-state index in [2.05, 4.69) is 42.8 Å². The third kappa shape index (κ3) is 4.87. The van der Waals surface area contributed by atoms with Crippen LogP contribution in [0.2, 0.25) is 0 Å². The maximum Gasteiger partial charge on any atom is 0.0235 e. The first-order chi connectivity index (χ1) is 8.74. The van der Waals surface area contributed by atoms with Crippen LogP contribution >= 0.6 is 0 Å². The quantitative estimate of drug-likeness (QED) is 0.681. The standard InChI is InChI=1S/C15H33N3/c1-5-14(6-2)16-10-12-17-11-9-15(13-17)18(7-3)8-4/h14-16H,5-13H2,1-4H3. The summed E-state index contributed by atoms with van der Waals surface area (Å²) in [5.41, 5.74) is 0. The summed E-state index contributed by atoms with van der Waals surface area (Å²) in [6.45, 7) is 16.4. The predicted molar refractivity (Wildman–Crippen MR) is 80.1 cm³/mol. The fourth-order valence-corrected chi connectivity index (χ4v) is 3.06. The molecule has 0 spiro atoms. The van der Waals surface area contributed by atoms with Crippen molar-refractivity contribution in [1.82, 2.24) is 15.1 Å². The third-order valence-corrected chi connectivity index (χ3v) is 4.42. The lowest BCUT2D eigenvalue weighted by atomic mass is 10.2. The van der Waals surface area contributed by atoms with Crippen molar-refractivity contribution in [3.8, 4) is 0 Å². The molecular weight excluding hydrogens is 222 g/mol. The van der Waals surface area contributed by atoms with E-state index in [9.17, 15) is 0 Å². The van der Waals surface area contributed by atoms with Crippen LogP contribution in [-0.2, 0) is 0 Å². The molecule has 0 aliphatic carbocycles. The van der Waals surface area contributed by atoms with Crippen LogP contribution in [0.15, 0.2) is 0 Å². The zero-order valence-corrected chi connectivity index (χ0v) is 12.9. The molecule has 1 aliphatic rings. The average Bonchev–Trinajstić information content (AvgIpc) is 2.85. The Bertz CT molecular complexity index is 200. The van der Waals surface area contributed by atoms with Gasteiger partial charge in [-0.25, -0.2) is 0 Å². The Morgan fingerprint density at radius 1 is 1.17 bits per heavy atom. The predicted octanol–water partition coefficient (Wildman–Crippen LogP) is 2.18. The van der Waals surface area contributed by atoms with Gasteiger partial charge in [-0.3, -0.25) is 4.90 Å². The molecule has 1 unspecified atom stereocenters. The molecule has 0 aromatic heterocycles. The van der Waals surface area contributed by atoms with Gasteiger partial charge in [-0.15, -0.1) is 0 Å². The maximum atomic E-state index is 3.66. The van der Waals surface area contributed by atoms with E-state index in [4.69, 9.17) is 0 Å². The summed E-state index contributed by atoms with van der Waals surface area (Å²) in [4.78, 5) is 5.23. The van der Waals surface area contributed by atoms with Crippen molar-refractivity contribution in [3.05, 3.63) is 0 Å². The van der Waals surface area contributed by atoms with E-state index < -0.39 is 0 Å². The van der Waals surface area contributed by atoms with Gasteiger partial charge >= 0.3 is 0 Å². The summed E-state index contributed by atoms with van der Waals surface area (Å²) in [6, 6.07) is 1.51. The van der Waals surface area contributed by atoms with Gasteiger partial charge in [0.1, 0.15) is 0 Å². The lowest BCUT2D eigenvalue weighted by Gasteiger charge is -2.26. The number of rotatable bonds is 9. The Kier molecular flexibility index (Phi) is 7.87. The molecule has 3 heteroatoms. The van der Waals surface area contributed by atoms with Crippen molar-refractivity contribution in [2.45, 2.75) is 59.0 Å². The first-order valence-electron chi connectivity index (χ1n) is 7.94. The molecule has 0 bridgehead atoms. The second-order valence-corrected chi connectivity index (χ2v) is 5.43. The molecule has 0 aromatic rings. The van der Waals surface area contributed by atoms with Crippen molar-refractivity contribution >= 4 is 0 Å². The highest BCUT2D eigenvalue weighted by atomic mass is 15.3. The number of likely N-dealkylation sites (tertiary alicyclic amines) is 1. The minimum Gasteiger partial charge on any atom is -0.313 e. The van der Waals surface area contributed by atoms with Crippen molar-refractivity contribution in [2.24, 2.45) is 0 Å². The van der Waals surface area contributed by atoms with Crippen LogP contribution < -0.4 is 5.32 Å². The summed E-state index contributed by atoms with van der Waals surface area (Å²) < 4.78 is 0. The fourth-order valence-electron chi connectivity index (χ4n) is 3.06. The van der Waals surface area contributed by atoms with Crippen LogP contribution in [0.3, 0.4) is 0 Å². The molecule has 0 saturated carbocycles.